The molecule has 4 nitrogen and oxygen atoms in total. The van der Waals surface area contributed by atoms with Gasteiger partial charge < -0.3 is 10.4 Å². The minimum Gasteiger partial charge on any atom is -0.395 e. The summed E-state index contributed by atoms with van der Waals surface area (Å²) in [6.45, 7) is 2.90. The Morgan fingerprint density at radius 2 is 2.19 bits per heavy atom. The molecule has 1 aliphatic carbocycles. The highest BCUT2D eigenvalue weighted by Crippen LogP contribution is 2.25. The highest BCUT2D eigenvalue weighted by Gasteiger charge is 2.26. The summed E-state index contributed by atoms with van der Waals surface area (Å²) in [5, 5.41) is 12.8. The third-order valence-electron chi connectivity index (χ3n) is 4.07. The number of nitrogens with zero attached hydrogens (tertiary/aromatic N) is 1. The molecule has 1 aromatic carbocycles. The predicted molar refractivity (Wildman–Crippen MR) is 84.3 cm³/mol. The van der Waals surface area contributed by atoms with E-state index in [9.17, 15) is 4.79 Å². The van der Waals surface area contributed by atoms with E-state index >= 15 is 0 Å². The van der Waals surface area contributed by atoms with Crippen LogP contribution in [0.1, 0.15) is 37.8 Å². The van der Waals surface area contributed by atoms with Crippen LogP contribution in [0, 0.1) is 0 Å². The van der Waals surface area contributed by atoms with E-state index < -0.39 is 0 Å². The summed E-state index contributed by atoms with van der Waals surface area (Å²) in [7, 11) is 0. The lowest BCUT2D eigenvalue weighted by Crippen LogP contribution is -2.47. The molecule has 1 fully saturated rings. The molecule has 116 valence electrons. The molecule has 1 aliphatic rings. The van der Waals surface area contributed by atoms with Gasteiger partial charge in [0.05, 0.1) is 19.2 Å². The molecule has 1 atom stereocenters. The van der Waals surface area contributed by atoms with Crippen LogP contribution in [0.25, 0.3) is 0 Å². The van der Waals surface area contributed by atoms with E-state index in [0.717, 1.165) is 18.4 Å². The number of hydrogen-bond donors (Lipinski definition) is 2. The molecule has 2 N–H and O–H groups in total. The van der Waals surface area contributed by atoms with Crippen LogP contribution < -0.4 is 5.32 Å². The van der Waals surface area contributed by atoms with Gasteiger partial charge in [0.1, 0.15) is 0 Å². The number of nitrogens with one attached hydrogen (secondary N) is 1. The molecule has 0 aliphatic heterocycles. The van der Waals surface area contributed by atoms with Crippen molar-refractivity contribution in [1.82, 2.24) is 10.2 Å². The van der Waals surface area contributed by atoms with Gasteiger partial charge in [0.25, 0.3) is 0 Å². The van der Waals surface area contributed by atoms with Crippen LogP contribution in [-0.4, -0.2) is 41.7 Å². The first-order valence-corrected chi connectivity index (χ1v) is 7.88. The van der Waals surface area contributed by atoms with E-state index in [-0.39, 0.29) is 18.6 Å². The van der Waals surface area contributed by atoms with Gasteiger partial charge in [0, 0.05) is 17.6 Å². The zero-order valence-electron chi connectivity index (χ0n) is 12.4. The SMILES string of the molecule is CC(NC(=O)CN(CCO)C1CCC1)c1ccccc1Cl. The number of halogens is 1. The number of rotatable bonds is 7. The van der Waals surface area contributed by atoms with E-state index in [2.05, 4.69) is 10.2 Å². The molecule has 0 bridgehead atoms. The Balaban J connectivity index is 1.89. The number of carbonyl (C=O) groups is 1. The minimum absolute atomic E-state index is 0.0252. The second kappa shape index (κ2) is 7.78. The summed E-state index contributed by atoms with van der Waals surface area (Å²) in [5.74, 6) is -0.0252. The van der Waals surface area contributed by atoms with Crippen LogP contribution in [0.5, 0.6) is 0 Å². The summed E-state index contributed by atoms with van der Waals surface area (Å²) in [5.41, 5.74) is 0.921. The van der Waals surface area contributed by atoms with Crippen LogP contribution in [0.3, 0.4) is 0 Å². The van der Waals surface area contributed by atoms with E-state index in [1.165, 1.54) is 6.42 Å². The Labute approximate surface area is 131 Å². The molecule has 1 unspecified atom stereocenters. The number of benzene rings is 1. The number of aliphatic hydroxyl groups is 1. The Bertz CT molecular complexity index is 477. The molecular weight excluding hydrogens is 288 g/mol. The number of aliphatic hydroxyl groups excluding tert-OH is 1. The topological polar surface area (TPSA) is 52.6 Å². The number of hydrogen-bond acceptors (Lipinski definition) is 3. The summed E-state index contributed by atoms with van der Waals surface area (Å²) in [6, 6.07) is 7.86. The molecule has 21 heavy (non-hydrogen) atoms. The van der Waals surface area contributed by atoms with Crippen LogP contribution in [-0.2, 0) is 4.79 Å². The molecule has 2 rings (SSSR count). The molecule has 0 radical (unpaired) electrons. The van der Waals surface area contributed by atoms with Gasteiger partial charge in [-0.15, -0.1) is 0 Å². The van der Waals surface area contributed by atoms with E-state index in [4.69, 9.17) is 16.7 Å². The van der Waals surface area contributed by atoms with Gasteiger partial charge in [-0.05, 0) is 31.4 Å². The fraction of sp³-hybridized carbons (Fsp3) is 0.562. The van der Waals surface area contributed by atoms with Crippen molar-refractivity contribution < 1.29 is 9.90 Å². The smallest absolute Gasteiger partial charge is 0.234 e. The maximum Gasteiger partial charge on any atom is 0.234 e. The summed E-state index contributed by atoms with van der Waals surface area (Å²) < 4.78 is 0. The van der Waals surface area contributed by atoms with Crippen molar-refractivity contribution in [2.75, 3.05) is 19.7 Å². The molecular formula is C16H23ClN2O2. The van der Waals surface area contributed by atoms with Gasteiger partial charge in [0.2, 0.25) is 5.91 Å². The van der Waals surface area contributed by atoms with Gasteiger partial charge >= 0.3 is 0 Å². The summed E-state index contributed by atoms with van der Waals surface area (Å²) >= 11 is 6.15. The second-order valence-corrected chi connectivity index (χ2v) is 6.00. The lowest BCUT2D eigenvalue weighted by Gasteiger charge is -2.36. The standard InChI is InChI=1S/C16H23ClN2O2/c1-12(14-7-2-3-8-15(14)17)18-16(21)11-19(9-10-20)13-5-4-6-13/h2-3,7-8,12-13,20H,4-6,9-11H2,1H3,(H,18,21). The largest absolute Gasteiger partial charge is 0.395 e. The molecule has 1 saturated carbocycles. The van der Waals surface area contributed by atoms with Crippen LogP contribution in [0.2, 0.25) is 5.02 Å². The highest BCUT2D eigenvalue weighted by atomic mass is 35.5. The maximum absolute atomic E-state index is 12.2. The van der Waals surface area contributed by atoms with E-state index in [1.54, 1.807) is 0 Å². The average Bonchev–Trinajstić information content (AvgIpc) is 2.37. The number of carbonyl (C=O) groups excluding carboxylic acids is 1. The first-order chi connectivity index (χ1) is 10.1. The fourth-order valence-corrected chi connectivity index (χ4v) is 2.95. The Kier molecular flexibility index (Phi) is 6.03. The zero-order chi connectivity index (χ0) is 15.2. The van der Waals surface area contributed by atoms with Gasteiger partial charge in [-0.25, -0.2) is 0 Å². The minimum atomic E-state index is -0.122. The lowest BCUT2D eigenvalue weighted by atomic mass is 9.91. The molecule has 0 saturated heterocycles. The highest BCUT2D eigenvalue weighted by molar-refractivity contribution is 6.31. The average molecular weight is 311 g/mol. The zero-order valence-corrected chi connectivity index (χ0v) is 13.1. The monoisotopic (exact) mass is 310 g/mol. The van der Waals surface area contributed by atoms with Crippen molar-refractivity contribution in [3.63, 3.8) is 0 Å². The molecule has 0 spiro atoms. The molecule has 0 heterocycles. The summed E-state index contributed by atoms with van der Waals surface area (Å²) in [4.78, 5) is 14.3. The van der Waals surface area contributed by atoms with Crippen LogP contribution >= 0.6 is 11.6 Å². The van der Waals surface area contributed by atoms with Crippen LogP contribution in [0.4, 0.5) is 0 Å². The van der Waals surface area contributed by atoms with Gasteiger partial charge in [-0.3, -0.25) is 9.69 Å². The molecule has 1 aromatic rings. The first kappa shape index (κ1) is 16.3. The van der Waals surface area contributed by atoms with Crippen molar-refractivity contribution in [1.29, 1.82) is 0 Å². The maximum atomic E-state index is 12.2. The van der Waals surface area contributed by atoms with E-state index in [1.807, 2.05) is 31.2 Å². The lowest BCUT2D eigenvalue weighted by molar-refractivity contribution is -0.124. The van der Waals surface area contributed by atoms with Crippen molar-refractivity contribution in [3.05, 3.63) is 34.9 Å². The van der Waals surface area contributed by atoms with Crippen molar-refractivity contribution in [3.8, 4) is 0 Å². The van der Waals surface area contributed by atoms with Gasteiger partial charge in [-0.2, -0.15) is 0 Å². The molecule has 5 heteroatoms. The van der Waals surface area contributed by atoms with Crippen molar-refractivity contribution in [2.45, 2.75) is 38.3 Å². The van der Waals surface area contributed by atoms with Crippen LogP contribution in [0.15, 0.2) is 24.3 Å². The fourth-order valence-electron chi connectivity index (χ4n) is 2.65. The van der Waals surface area contributed by atoms with Gasteiger partial charge in [-0.1, -0.05) is 36.2 Å². The van der Waals surface area contributed by atoms with Crippen molar-refractivity contribution in [2.24, 2.45) is 0 Å². The second-order valence-electron chi connectivity index (χ2n) is 5.59. The number of amides is 1. The Morgan fingerprint density at radius 1 is 1.48 bits per heavy atom. The molecule has 1 amide bonds. The summed E-state index contributed by atoms with van der Waals surface area (Å²) in [6.07, 6.45) is 3.45. The first-order valence-electron chi connectivity index (χ1n) is 7.50. The van der Waals surface area contributed by atoms with Crippen molar-refractivity contribution >= 4 is 17.5 Å². The quantitative estimate of drug-likeness (QED) is 0.813. The third-order valence-corrected chi connectivity index (χ3v) is 4.42. The predicted octanol–water partition coefficient (Wildman–Crippen LogP) is 2.36. The van der Waals surface area contributed by atoms with E-state index in [0.29, 0.717) is 24.2 Å². The molecule has 0 aromatic heterocycles. The Hall–Kier alpha value is -1.10. The van der Waals surface area contributed by atoms with Gasteiger partial charge in [0.15, 0.2) is 0 Å². The third kappa shape index (κ3) is 4.43. The normalized spacial score (nSPS) is 16.6. The Morgan fingerprint density at radius 3 is 2.76 bits per heavy atom.